The van der Waals surface area contributed by atoms with Crippen molar-refractivity contribution in [1.82, 2.24) is 0 Å². The topological polar surface area (TPSA) is 69.9 Å². The van der Waals surface area contributed by atoms with Crippen LogP contribution < -0.4 is 0 Å². The molecule has 0 bridgehead atoms. The van der Waals surface area contributed by atoms with E-state index in [-0.39, 0.29) is 11.3 Å². The Morgan fingerprint density at radius 2 is 2.00 bits per heavy atom. The quantitative estimate of drug-likeness (QED) is 0.849. The summed E-state index contributed by atoms with van der Waals surface area (Å²) in [5.74, 6) is -0.854. The number of nitrogens with zero attached hydrogens (tertiary/aromatic N) is 1. The molecule has 4 nitrogen and oxygen atoms in total. The first-order valence-corrected chi connectivity index (χ1v) is 6.21. The van der Waals surface area contributed by atoms with Crippen LogP contribution in [-0.4, -0.2) is 22.4 Å². The van der Waals surface area contributed by atoms with Crippen molar-refractivity contribution in [2.24, 2.45) is 4.99 Å². The van der Waals surface area contributed by atoms with Crippen LogP contribution in [0.4, 0.5) is 5.69 Å². The number of carboxylic acids is 1. The van der Waals surface area contributed by atoms with E-state index in [9.17, 15) is 9.90 Å². The summed E-state index contributed by atoms with van der Waals surface area (Å²) in [5, 5.41) is 18.3. The molecule has 0 spiro atoms. The molecule has 5 heteroatoms. The molecule has 0 heterocycles. The molecule has 96 valence electrons. The van der Waals surface area contributed by atoms with Crippen LogP contribution in [-0.2, 0) is 0 Å². The lowest BCUT2D eigenvalue weighted by Crippen LogP contribution is -1.94. The Morgan fingerprint density at radius 3 is 2.68 bits per heavy atom. The van der Waals surface area contributed by atoms with Gasteiger partial charge in [-0.15, -0.1) is 0 Å². The highest BCUT2D eigenvalue weighted by atomic mass is 79.9. The van der Waals surface area contributed by atoms with Crippen molar-refractivity contribution in [3.8, 4) is 5.75 Å². The molecule has 0 aromatic heterocycles. The minimum atomic E-state index is -0.989. The average molecular weight is 320 g/mol. The van der Waals surface area contributed by atoms with E-state index in [2.05, 4.69) is 20.9 Å². The fourth-order valence-corrected chi connectivity index (χ4v) is 2.04. The lowest BCUT2D eigenvalue weighted by atomic mass is 10.2. The lowest BCUT2D eigenvalue weighted by molar-refractivity contribution is 0.0697. The van der Waals surface area contributed by atoms with Gasteiger partial charge in [-0.05, 0) is 42.0 Å². The monoisotopic (exact) mass is 319 g/mol. The van der Waals surface area contributed by atoms with E-state index in [0.29, 0.717) is 11.3 Å². The Morgan fingerprint density at radius 1 is 1.21 bits per heavy atom. The lowest BCUT2D eigenvalue weighted by Gasteiger charge is -1.99. The van der Waals surface area contributed by atoms with Crippen LogP contribution in [0.2, 0.25) is 0 Å². The standard InChI is InChI=1S/C14H10BrNO3/c15-11-4-9(5-13(17)7-11)8-16-12-3-1-2-10(6-12)14(18)19/h1-8,17H,(H,18,19). The molecular formula is C14H10BrNO3. The second kappa shape index (κ2) is 5.67. The summed E-state index contributed by atoms with van der Waals surface area (Å²) < 4.78 is 0.744. The first kappa shape index (κ1) is 13.3. The number of carbonyl (C=O) groups is 1. The smallest absolute Gasteiger partial charge is 0.335 e. The number of aliphatic imine (C=N–C) groups is 1. The molecule has 2 rings (SSSR count). The molecule has 0 amide bonds. The Kier molecular flexibility index (Phi) is 3.97. The van der Waals surface area contributed by atoms with Crippen molar-refractivity contribution in [3.63, 3.8) is 0 Å². The van der Waals surface area contributed by atoms with E-state index in [4.69, 9.17) is 5.11 Å². The maximum atomic E-state index is 10.8. The molecule has 0 aliphatic heterocycles. The van der Waals surface area contributed by atoms with Gasteiger partial charge >= 0.3 is 5.97 Å². The number of carboxylic acid groups (broad SMARTS) is 1. The summed E-state index contributed by atoms with van der Waals surface area (Å²) in [7, 11) is 0. The van der Waals surface area contributed by atoms with Gasteiger partial charge < -0.3 is 10.2 Å². The molecule has 0 atom stereocenters. The van der Waals surface area contributed by atoms with Gasteiger partial charge in [-0.1, -0.05) is 22.0 Å². The van der Waals surface area contributed by atoms with Crippen LogP contribution in [0.5, 0.6) is 5.75 Å². The van der Waals surface area contributed by atoms with E-state index in [1.54, 1.807) is 36.5 Å². The van der Waals surface area contributed by atoms with E-state index in [0.717, 1.165) is 4.47 Å². The number of hydrogen-bond donors (Lipinski definition) is 2. The highest BCUT2D eigenvalue weighted by molar-refractivity contribution is 9.10. The number of aromatic carboxylic acids is 1. The van der Waals surface area contributed by atoms with Crippen LogP contribution in [0.25, 0.3) is 0 Å². The summed E-state index contributed by atoms with van der Waals surface area (Å²) in [5.41, 5.74) is 1.44. The molecule has 2 N–H and O–H groups in total. The fourth-order valence-electron chi connectivity index (χ4n) is 1.54. The number of aromatic hydroxyl groups is 1. The maximum Gasteiger partial charge on any atom is 0.335 e. The molecule has 2 aromatic rings. The van der Waals surface area contributed by atoms with Crippen LogP contribution in [0, 0.1) is 0 Å². The Bertz CT molecular complexity index is 633. The van der Waals surface area contributed by atoms with Gasteiger partial charge in [0.15, 0.2) is 0 Å². The zero-order valence-corrected chi connectivity index (χ0v) is 11.3. The number of halogens is 1. The minimum Gasteiger partial charge on any atom is -0.508 e. The first-order valence-electron chi connectivity index (χ1n) is 5.41. The van der Waals surface area contributed by atoms with Crippen molar-refractivity contribution in [1.29, 1.82) is 0 Å². The number of phenols is 1. The van der Waals surface area contributed by atoms with Crippen LogP contribution in [0.3, 0.4) is 0 Å². The SMILES string of the molecule is O=C(O)c1cccc(N=Cc2cc(O)cc(Br)c2)c1. The van der Waals surface area contributed by atoms with Crippen LogP contribution in [0.1, 0.15) is 15.9 Å². The van der Waals surface area contributed by atoms with E-state index < -0.39 is 5.97 Å². The third kappa shape index (κ3) is 3.66. The molecule has 19 heavy (non-hydrogen) atoms. The van der Waals surface area contributed by atoms with Gasteiger partial charge in [0.05, 0.1) is 11.3 Å². The third-order valence-electron chi connectivity index (χ3n) is 2.36. The van der Waals surface area contributed by atoms with E-state index in [1.807, 2.05) is 0 Å². The van der Waals surface area contributed by atoms with Crippen molar-refractivity contribution < 1.29 is 15.0 Å². The van der Waals surface area contributed by atoms with Gasteiger partial charge in [0.2, 0.25) is 0 Å². The Labute approximate surface area is 118 Å². The van der Waals surface area contributed by atoms with E-state index in [1.165, 1.54) is 12.1 Å². The number of hydrogen-bond acceptors (Lipinski definition) is 3. The molecule has 0 saturated carbocycles. The number of benzene rings is 2. The van der Waals surface area contributed by atoms with Crippen molar-refractivity contribution in [2.75, 3.05) is 0 Å². The molecule has 0 aliphatic carbocycles. The first-order chi connectivity index (χ1) is 9.04. The zero-order chi connectivity index (χ0) is 13.8. The molecule has 0 radical (unpaired) electrons. The molecule has 0 saturated heterocycles. The van der Waals surface area contributed by atoms with Crippen molar-refractivity contribution in [2.45, 2.75) is 0 Å². The summed E-state index contributed by atoms with van der Waals surface area (Å²) in [6.45, 7) is 0. The Balaban J connectivity index is 2.27. The van der Waals surface area contributed by atoms with Crippen LogP contribution >= 0.6 is 15.9 Å². The average Bonchev–Trinajstić information content (AvgIpc) is 2.35. The summed E-state index contributed by atoms with van der Waals surface area (Å²) in [6, 6.07) is 11.3. The molecular weight excluding hydrogens is 310 g/mol. The molecule has 0 unspecified atom stereocenters. The van der Waals surface area contributed by atoms with Crippen molar-refractivity contribution >= 4 is 33.8 Å². The molecule has 2 aromatic carbocycles. The van der Waals surface area contributed by atoms with Gasteiger partial charge in [-0.25, -0.2) is 4.79 Å². The summed E-state index contributed by atoms with van der Waals surface area (Å²) in [6.07, 6.45) is 1.56. The van der Waals surface area contributed by atoms with Gasteiger partial charge in [0, 0.05) is 10.7 Å². The van der Waals surface area contributed by atoms with Crippen LogP contribution in [0.15, 0.2) is 51.9 Å². The highest BCUT2D eigenvalue weighted by Crippen LogP contribution is 2.20. The maximum absolute atomic E-state index is 10.8. The molecule has 0 aliphatic rings. The van der Waals surface area contributed by atoms with Gasteiger partial charge in [-0.2, -0.15) is 0 Å². The zero-order valence-electron chi connectivity index (χ0n) is 9.75. The van der Waals surface area contributed by atoms with Crippen molar-refractivity contribution in [3.05, 3.63) is 58.1 Å². The van der Waals surface area contributed by atoms with Gasteiger partial charge in [0.25, 0.3) is 0 Å². The largest absolute Gasteiger partial charge is 0.508 e. The second-order valence-electron chi connectivity index (χ2n) is 3.86. The third-order valence-corrected chi connectivity index (χ3v) is 2.82. The molecule has 0 fully saturated rings. The van der Waals surface area contributed by atoms with Gasteiger partial charge in [0.1, 0.15) is 5.75 Å². The fraction of sp³-hybridized carbons (Fsp3) is 0. The predicted molar refractivity (Wildman–Crippen MR) is 76.5 cm³/mol. The predicted octanol–water partition coefficient (Wildman–Crippen LogP) is 3.60. The number of phenolic OH excluding ortho intramolecular Hbond substituents is 1. The van der Waals surface area contributed by atoms with E-state index >= 15 is 0 Å². The summed E-state index contributed by atoms with van der Waals surface area (Å²) >= 11 is 3.27. The Hall–Kier alpha value is -2.14. The normalized spacial score (nSPS) is 10.8. The minimum absolute atomic E-state index is 0.134. The highest BCUT2D eigenvalue weighted by Gasteiger charge is 2.02. The second-order valence-corrected chi connectivity index (χ2v) is 4.77. The number of rotatable bonds is 3. The van der Waals surface area contributed by atoms with Gasteiger partial charge in [-0.3, -0.25) is 4.99 Å². The summed E-state index contributed by atoms with van der Waals surface area (Å²) in [4.78, 5) is 15.0.